The molecule has 2 heterocycles. The SMILES string of the molecule is CN(C)C(=O)CN=C(NCC1CCCCC1)N1CCN(c2cnn(C)c2)C(=O)C1. The van der Waals surface area contributed by atoms with Gasteiger partial charge in [-0.25, -0.2) is 4.99 Å². The largest absolute Gasteiger partial charge is 0.356 e. The molecule has 2 aliphatic rings. The molecule has 0 aromatic carbocycles. The summed E-state index contributed by atoms with van der Waals surface area (Å²) in [6.45, 7) is 2.38. The minimum Gasteiger partial charge on any atom is -0.356 e. The number of amides is 2. The number of aromatic nitrogens is 2. The van der Waals surface area contributed by atoms with E-state index in [1.807, 2.05) is 18.1 Å². The predicted octanol–water partition coefficient (Wildman–Crippen LogP) is 0.683. The fraction of sp³-hybridized carbons (Fsp3) is 0.700. The van der Waals surface area contributed by atoms with E-state index in [-0.39, 0.29) is 24.9 Å². The summed E-state index contributed by atoms with van der Waals surface area (Å²) in [6.07, 6.45) is 9.88. The van der Waals surface area contributed by atoms with Crippen molar-refractivity contribution in [3.63, 3.8) is 0 Å². The van der Waals surface area contributed by atoms with Gasteiger partial charge in [0.05, 0.1) is 11.9 Å². The van der Waals surface area contributed by atoms with E-state index in [0.717, 1.165) is 12.2 Å². The average molecular weight is 404 g/mol. The molecule has 1 N–H and O–H groups in total. The quantitative estimate of drug-likeness (QED) is 0.577. The predicted molar refractivity (Wildman–Crippen MR) is 113 cm³/mol. The first-order chi connectivity index (χ1) is 13.9. The van der Waals surface area contributed by atoms with E-state index >= 15 is 0 Å². The molecule has 3 rings (SSSR count). The number of nitrogens with zero attached hydrogens (tertiary/aromatic N) is 6. The van der Waals surface area contributed by atoms with Gasteiger partial charge in [-0.05, 0) is 18.8 Å². The van der Waals surface area contributed by atoms with Crippen LogP contribution in [0.5, 0.6) is 0 Å². The van der Waals surface area contributed by atoms with Crippen molar-refractivity contribution in [3.05, 3.63) is 12.4 Å². The van der Waals surface area contributed by atoms with E-state index in [9.17, 15) is 9.59 Å². The summed E-state index contributed by atoms with van der Waals surface area (Å²) < 4.78 is 1.69. The Morgan fingerprint density at radius 2 is 2.03 bits per heavy atom. The van der Waals surface area contributed by atoms with Crippen molar-refractivity contribution < 1.29 is 9.59 Å². The van der Waals surface area contributed by atoms with Gasteiger partial charge in [-0.3, -0.25) is 14.3 Å². The molecular formula is C20H33N7O2. The van der Waals surface area contributed by atoms with Crippen molar-refractivity contribution in [2.45, 2.75) is 32.1 Å². The second-order valence-electron chi connectivity index (χ2n) is 8.15. The first-order valence-corrected chi connectivity index (χ1v) is 10.5. The van der Waals surface area contributed by atoms with E-state index in [1.54, 1.807) is 29.9 Å². The number of carbonyl (C=O) groups excluding carboxylic acids is 2. The summed E-state index contributed by atoms with van der Waals surface area (Å²) in [4.78, 5) is 34.6. The van der Waals surface area contributed by atoms with Gasteiger partial charge in [-0.1, -0.05) is 19.3 Å². The van der Waals surface area contributed by atoms with Crippen molar-refractivity contribution in [1.29, 1.82) is 0 Å². The molecular weight excluding hydrogens is 370 g/mol. The van der Waals surface area contributed by atoms with Crippen LogP contribution in [0.1, 0.15) is 32.1 Å². The van der Waals surface area contributed by atoms with Gasteiger partial charge in [0.25, 0.3) is 0 Å². The van der Waals surface area contributed by atoms with Crippen LogP contribution in [0.3, 0.4) is 0 Å². The molecule has 1 saturated carbocycles. The first-order valence-electron chi connectivity index (χ1n) is 10.5. The van der Waals surface area contributed by atoms with Crippen molar-refractivity contribution in [3.8, 4) is 0 Å². The van der Waals surface area contributed by atoms with Crippen LogP contribution >= 0.6 is 0 Å². The second-order valence-corrected chi connectivity index (χ2v) is 8.15. The Labute approximate surface area is 172 Å². The molecule has 0 atom stereocenters. The molecule has 1 aliphatic heterocycles. The number of rotatable bonds is 5. The first kappa shape index (κ1) is 21.1. The normalized spacial score (nSPS) is 18.9. The lowest BCUT2D eigenvalue weighted by atomic mass is 9.89. The zero-order chi connectivity index (χ0) is 20.8. The van der Waals surface area contributed by atoms with Gasteiger partial charge < -0.3 is 20.0 Å². The Morgan fingerprint density at radius 3 is 2.66 bits per heavy atom. The highest BCUT2D eigenvalue weighted by Crippen LogP contribution is 2.23. The van der Waals surface area contributed by atoms with Crippen LogP contribution in [0.2, 0.25) is 0 Å². The zero-order valence-electron chi connectivity index (χ0n) is 17.8. The van der Waals surface area contributed by atoms with Crippen LogP contribution in [0, 0.1) is 5.92 Å². The molecule has 29 heavy (non-hydrogen) atoms. The van der Waals surface area contributed by atoms with E-state index < -0.39 is 0 Å². The van der Waals surface area contributed by atoms with Gasteiger partial charge in [0.2, 0.25) is 11.8 Å². The van der Waals surface area contributed by atoms with Gasteiger partial charge in [-0.15, -0.1) is 0 Å². The average Bonchev–Trinajstić information content (AvgIpc) is 3.14. The summed E-state index contributed by atoms with van der Waals surface area (Å²) in [6, 6.07) is 0. The summed E-state index contributed by atoms with van der Waals surface area (Å²) in [5, 5.41) is 7.61. The monoisotopic (exact) mass is 403 g/mol. The minimum absolute atomic E-state index is 0.00959. The highest BCUT2D eigenvalue weighted by atomic mass is 16.2. The van der Waals surface area contributed by atoms with Gasteiger partial charge in [0.1, 0.15) is 13.1 Å². The van der Waals surface area contributed by atoms with Gasteiger partial charge >= 0.3 is 0 Å². The number of carbonyl (C=O) groups is 2. The summed E-state index contributed by atoms with van der Waals surface area (Å²) in [5.74, 6) is 1.24. The Bertz CT molecular complexity index is 737. The molecule has 1 aliphatic carbocycles. The van der Waals surface area contributed by atoms with Gasteiger partial charge in [0.15, 0.2) is 5.96 Å². The molecule has 0 radical (unpaired) electrons. The minimum atomic E-state index is -0.0534. The van der Waals surface area contributed by atoms with E-state index in [0.29, 0.717) is 25.0 Å². The number of guanidine groups is 1. The van der Waals surface area contributed by atoms with E-state index in [1.165, 1.54) is 37.0 Å². The smallest absolute Gasteiger partial charge is 0.246 e. The van der Waals surface area contributed by atoms with Crippen molar-refractivity contribution in [2.24, 2.45) is 18.0 Å². The molecule has 0 unspecified atom stereocenters. The number of nitrogens with one attached hydrogen (secondary N) is 1. The lowest BCUT2D eigenvalue weighted by Gasteiger charge is -2.36. The van der Waals surface area contributed by atoms with Crippen molar-refractivity contribution in [2.75, 3.05) is 51.7 Å². The van der Waals surface area contributed by atoms with Gasteiger partial charge in [-0.2, -0.15) is 5.10 Å². The number of aliphatic imine (C=N–C) groups is 1. The molecule has 1 aromatic heterocycles. The van der Waals surface area contributed by atoms with Crippen LogP contribution in [0.4, 0.5) is 5.69 Å². The fourth-order valence-corrected chi connectivity index (χ4v) is 3.85. The maximum atomic E-state index is 12.8. The molecule has 9 nitrogen and oxygen atoms in total. The Balaban J connectivity index is 1.65. The third-order valence-electron chi connectivity index (χ3n) is 5.66. The highest BCUT2D eigenvalue weighted by Gasteiger charge is 2.28. The zero-order valence-corrected chi connectivity index (χ0v) is 17.8. The van der Waals surface area contributed by atoms with Crippen LogP contribution in [-0.4, -0.2) is 84.2 Å². The number of aryl methyl sites for hydroxylation is 1. The Kier molecular flexibility index (Phi) is 7.11. The summed E-state index contributed by atoms with van der Waals surface area (Å²) in [5.41, 5.74) is 0.814. The van der Waals surface area contributed by atoms with Crippen molar-refractivity contribution in [1.82, 2.24) is 24.9 Å². The lowest BCUT2D eigenvalue weighted by molar-refractivity contribution is -0.127. The van der Waals surface area contributed by atoms with Crippen LogP contribution in [0.15, 0.2) is 17.4 Å². The lowest BCUT2D eigenvalue weighted by Crippen LogP contribution is -2.56. The van der Waals surface area contributed by atoms with E-state index in [2.05, 4.69) is 15.4 Å². The molecule has 1 saturated heterocycles. The Morgan fingerprint density at radius 1 is 1.28 bits per heavy atom. The molecule has 9 heteroatoms. The number of piperazine rings is 1. The molecule has 2 fully saturated rings. The molecule has 2 amide bonds. The number of likely N-dealkylation sites (N-methyl/N-ethyl adjacent to an activating group) is 1. The molecule has 1 aromatic rings. The molecule has 0 bridgehead atoms. The molecule has 160 valence electrons. The Hall–Kier alpha value is -2.58. The maximum absolute atomic E-state index is 12.8. The topological polar surface area (TPSA) is 86.1 Å². The fourth-order valence-electron chi connectivity index (χ4n) is 3.85. The highest BCUT2D eigenvalue weighted by molar-refractivity contribution is 5.98. The maximum Gasteiger partial charge on any atom is 0.246 e. The summed E-state index contributed by atoms with van der Waals surface area (Å²) >= 11 is 0. The number of hydrogen-bond donors (Lipinski definition) is 1. The third kappa shape index (κ3) is 5.71. The van der Waals surface area contributed by atoms with E-state index in [4.69, 9.17) is 0 Å². The van der Waals surface area contributed by atoms with Crippen LogP contribution in [0.25, 0.3) is 0 Å². The number of hydrogen-bond acceptors (Lipinski definition) is 4. The summed E-state index contributed by atoms with van der Waals surface area (Å²) in [7, 11) is 5.29. The second kappa shape index (κ2) is 9.76. The van der Waals surface area contributed by atoms with Gasteiger partial charge in [0, 0.05) is 47.0 Å². The third-order valence-corrected chi connectivity index (χ3v) is 5.66. The standard InChI is InChI=1S/C20H33N7O2/c1-24(2)18(28)13-22-20(21-11-16-7-5-4-6-8-16)26-9-10-27(19(29)15-26)17-12-23-25(3)14-17/h12,14,16H,4-11,13,15H2,1-3H3,(H,21,22). The van der Waals surface area contributed by atoms with Crippen LogP contribution in [-0.2, 0) is 16.6 Å². The van der Waals surface area contributed by atoms with Crippen molar-refractivity contribution >= 4 is 23.5 Å². The van der Waals surface area contributed by atoms with Crippen LogP contribution < -0.4 is 10.2 Å². The number of anilines is 1. The molecule has 0 spiro atoms.